The molecule has 2 aromatic rings. The van der Waals surface area contributed by atoms with E-state index in [2.05, 4.69) is 0 Å². The van der Waals surface area contributed by atoms with Gasteiger partial charge in [-0.2, -0.15) is 4.09 Å². The third-order valence-electron chi connectivity index (χ3n) is 3.06. The van der Waals surface area contributed by atoms with E-state index in [-0.39, 0.29) is 10.7 Å². The van der Waals surface area contributed by atoms with Crippen molar-refractivity contribution in [2.45, 2.75) is 29.4 Å². The molecule has 0 amide bonds. The first-order valence-corrected chi connectivity index (χ1v) is 9.48. The topological polar surface area (TPSA) is 48.9 Å². The van der Waals surface area contributed by atoms with Gasteiger partial charge in [-0.1, -0.05) is 71.3 Å². The molecule has 1 aromatic carbocycles. The monoisotopic (exact) mass is 449 g/mol. The Bertz CT molecular complexity index is 853. The molecule has 0 fully saturated rings. The summed E-state index contributed by atoms with van der Waals surface area (Å²) in [5, 5.41) is 0.539. The number of nitrogens with zero attached hydrogens (tertiary/aromatic N) is 3. The van der Waals surface area contributed by atoms with Crippen LogP contribution >= 0.6 is 70.0 Å². The highest BCUT2D eigenvalue weighted by Crippen LogP contribution is 2.38. The summed E-state index contributed by atoms with van der Waals surface area (Å²) in [7, 11) is 0. The fourth-order valence-corrected chi connectivity index (χ4v) is 3.48. The third-order valence-corrected chi connectivity index (χ3v) is 5.15. The van der Waals surface area contributed by atoms with Crippen molar-refractivity contribution in [2.24, 2.45) is 0 Å². The molecule has 24 heavy (non-hydrogen) atoms. The molecule has 0 N–H and O–H groups in total. The standard InChI is InChI=1S/C13H12Cl5N3O2S/c1-2-3-6-19-11(22)20(8-4-5-9(14)10(15)7-8)12(23)21(19)24-13(16,17)18/h4-5,7H,2-3,6H2,1H3. The highest BCUT2D eigenvalue weighted by atomic mass is 35.6. The average molecular weight is 452 g/mol. The van der Waals surface area contributed by atoms with Gasteiger partial charge >= 0.3 is 11.4 Å². The number of rotatable bonds is 5. The second-order valence-electron chi connectivity index (χ2n) is 4.79. The van der Waals surface area contributed by atoms with Crippen LogP contribution in [0.1, 0.15) is 19.8 Å². The molecule has 1 heterocycles. The predicted octanol–water partition coefficient (Wildman–Crippen LogP) is 4.73. The second kappa shape index (κ2) is 7.98. The third kappa shape index (κ3) is 4.48. The average Bonchev–Trinajstić information content (AvgIpc) is 2.70. The lowest BCUT2D eigenvalue weighted by Gasteiger charge is -2.12. The largest absolute Gasteiger partial charge is 0.362 e. The molecule has 0 saturated heterocycles. The van der Waals surface area contributed by atoms with Crippen molar-refractivity contribution < 1.29 is 0 Å². The molecule has 1 aromatic heterocycles. The van der Waals surface area contributed by atoms with Crippen molar-refractivity contribution in [1.29, 1.82) is 0 Å². The van der Waals surface area contributed by atoms with E-state index in [1.165, 1.54) is 22.9 Å². The summed E-state index contributed by atoms with van der Waals surface area (Å²) in [5.74, 6) is 0. The quantitative estimate of drug-likeness (QED) is 0.618. The van der Waals surface area contributed by atoms with E-state index in [1.807, 2.05) is 6.92 Å². The zero-order valence-electron chi connectivity index (χ0n) is 12.3. The van der Waals surface area contributed by atoms with E-state index < -0.39 is 14.5 Å². The Morgan fingerprint density at radius 2 is 1.75 bits per heavy atom. The Kier molecular flexibility index (Phi) is 6.67. The first-order chi connectivity index (χ1) is 11.2. The Balaban J connectivity index is 2.66. The van der Waals surface area contributed by atoms with Crippen LogP contribution in [-0.2, 0) is 6.54 Å². The van der Waals surface area contributed by atoms with Gasteiger partial charge in [0.25, 0.3) is 3.12 Å². The fraction of sp³-hybridized carbons (Fsp3) is 0.385. The number of hydrogen-bond acceptors (Lipinski definition) is 3. The number of hydrogen-bond donors (Lipinski definition) is 0. The Labute approximate surface area is 167 Å². The maximum Gasteiger partial charge on any atom is 0.362 e. The lowest BCUT2D eigenvalue weighted by Crippen LogP contribution is -2.27. The number of halogens is 5. The number of aromatic nitrogens is 3. The number of benzene rings is 1. The minimum atomic E-state index is -1.80. The van der Waals surface area contributed by atoms with Gasteiger partial charge in [-0.15, -0.1) is 0 Å². The zero-order valence-corrected chi connectivity index (χ0v) is 16.9. The van der Waals surface area contributed by atoms with Crippen LogP contribution in [-0.4, -0.2) is 16.5 Å². The summed E-state index contributed by atoms with van der Waals surface area (Å²) in [6.07, 6.45) is 1.52. The van der Waals surface area contributed by atoms with E-state index in [0.717, 1.165) is 15.1 Å². The van der Waals surface area contributed by atoms with Crippen LogP contribution in [0, 0.1) is 0 Å². The van der Waals surface area contributed by atoms with Crippen molar-refractivity contribution in [2.75, 3.05) is 0 Å². The first-order valence-electron chi connectivity index (χ1n) is 6.82. The molecule has 0 atom stereocenters. The Morgan fingerprint density at radius 1 is 1.08 bits per heavy atom. The van der Waals surface area contributed by atoms with Crippen LogP contribution in [0.5, 0.6) is 0 Å². The molecule has 0 radical (unpaired) electrons. The first kappa shape index (κ1) is 20.1. The molecule has 5 nitrogen and oxygen atoms in total. The summed E-state index contributed by atoms with van der Waals surface area (Å²) in [4.78, 5) is 25.4. The van der Waals surface area contributed by atoms with Gasteiger partial charge in [0.1, 0.15) is 0 Å². The van der Waals surface area contributed by atoms with Gasteiger partial charge in [-0.25, -0.2) is 18.8 Å². The van der Waals surface area contributed by atoms with Gasteiger partial charge in [-0.05, 0) is 24.6 Å². The molecule has 0 bridgehead atoms. The van der Waals surface area contributed by atoms with E-state index in [9.17, 15) is 9.59 Å². The molecular formula is C13H12Cl5N3O2S. The van der Waals surface area contributed by atoms with E-state index in [0.29, 0.717) is 29.9 Å². The summed E-state index contributed by atoms with van der Waals surface area (Å²) in [5.41, 5.74) is -0.910. The molecule has 0 saturated carbocycles. The maximum atomic E-state index is 12.7. The van der Waals surface area contributed by atoms with Crippen LogP contribution in [0.2, 0.25) is 10.0 Å². The van der Waals surface area contributed by atoms with E-state index in [1.54, 1.807) is 0 Å². The highest BCUT2D eigenvalue weighted by Gasteiger charge is 2.28. The van der Waals surface area contributed by atoms with Crippen LogP contribution in [0.15, 0.2) is 27.8 Å². The number of alkyl halides is 3. The Morgan fingerprint density at radius 3 is 2.29 bits per heavy atom. The van der Waals surface area contributed by atoms with Crippen LogP contribution < -0.4 is 11.4 Å². The molecule has 0 aliphatic heterocycles. The van der Waals surface area contributed by atoms with Crippen molar-refractivity contribution in [3.8, 4) is 5.69 Å². The van der Waals surface area contributed by atoms with Crippen LogP contribution in [0.3, 0.4) is 0 Å². The normalized spacial score (nSPS) is 11.9. The van der Waals surface area contributed by atoms with Gasteiger partial charge in [0.05, 0.1) is 15.7 Å². The number of unbranched alkanes of at least 4 members (excludes halogenated alkanes) is 1. The molecule has 0 aliphatic rings. The molecule has 2 rings (SSSR count). The summed E-state index contributed by atoms with van der Waals surface area (Å²) in [6.45, 7) is 2.28. The molecule has 0 spiro atoms. The van der Waals surface area contributed by atoms with E-state index in [4.69, 9.17) is 58.0 Å². The molecule has 132 valence electrons. The van der Waals surface area contributed by atoms with Crippen molar-refractivity contribution in [3.63, 3.8) is 0 Å². The zero-order chi connectivity index (χ0) is 18.1. The maximum absolute atomic E-state index is 12.7. The lowest BCUT2D eigenvalue weighted by atomic mass is 10.3. The van der Waals surface area contributed by atoms with Crippen molar-refractivity contribution in [1.82, 2.24) is 13.3 Å². The van der Waals surface area contributed by atoms with Gasteiger partial charge < -0.3 is 0 Å². The molecule has 0 aliphatic carbocycles. The molecular weight excluding hydrogens is 439 g/mol. The van der Waals surface area contributed by atoms with Gasteiger partial charge in [0.2, 0.25) is 0 Å². The minimum absolute atomic E-state index is 0.224. The van der Waals surface area contributed by atoms with E-state index >= 15 is 0 Å². The van der Waals surface area contributed by atoms with Crippen LogP contribution in [0.25, 0.3) is 5.69 Å². The lowest BCUT2D eigenvalue weighted by molar-refractivity contribution is 0.531. The minimum Gasteiger partial charge on any atom is -0.245 e. The van der Waals surface area contributed by atoms with Crippen LogP contribution in [0.4, 0.5) is 0 Å². The summed E-state index contributed by atoms with van der Waals surface area (Å²) >= 11 is 29.8. The second-order valence-corrected chi connectivity index (χ2v) is 9.69. The van der Waals surface area contributed by atoms with Gasteiger partial charge in [0.15, 0.2) is 0 Å². The summed E-state index contributed by atoms with van der Waals surface area (Å²) < 4.78 is 1.45. The van der Waals surface area contributed by atoms with Gasteiger partial charge in [0, 0.05) is 18.5 Å². The molecule has 11 heteroatoms. The van der Waals surface area contributed by atoms with Crippen molar-refractivity contribution >= 4 is 70.0 Å². The Hall–Kier alpha value is -0.240. The fourth-order valence-electron chi connectivity index (χ4n) is 1.99. The highest BCUT2D eigenvalue weighted by molar-refractivity contribution is 8.03. The summed E-state index contributed by atoms with van der Waals surface area (Å²) in [6, 6.07) is 4.45. The smallest absolute Gasteiger partial charge is 0.245 e. The van der Waals surface area contributed by atoms with Gasteiger partial charge in [-0.3, -0.25) is 0 Å². The predicted molar refractivity (Wildman–Crippen MR) is 102 cm³/mol. The van der Waals surface area contributed by atoms with Crippen molar-refractivity contribution in [3.05, 3.63) is 49.2 Å². The molecule has 0 unspecified atom stereocenters. The SMILES string of the molecule is CCCCn1c(=O)n(-c2ccc(Cl)c(Cl)c2)c(=O)n1SC(Cl)(Cl)Cl.